The summed E-state index contributed by atoms with van der Waals surface area (Å²) in [4.78, 5) is 18.6. The third-order valence-electron chi connectivity index (χ3n) is 4.52. The Morgan fingerprint density at radius 2 is 2.04 bits per heavy atom. The van der Waals surface area contributed by atoms with Gasteiger partial charge in [-0.3, -0.25) is 14.9 Å². The molecule has 3 heterocycles. The van der Waals surface area contributed by atoms with Gasteiger partial charge in [0.2, 0.25) is 0 Å². The van der Waals surface area contributed by atoms with Gasteiger partial charge in [0, 0.05) is 42.7 Å². The number of amides is 1. The van der Waals surface area contributed by atoms with Crippen LogP contribution in [-0.4, -0.2) is 53.8 Å². The number of aromatic nitrogens is 3. The van der Waals surface area contributed by atoms with E-state index < -0.39 is 15.3 Å². The summed E-state index contributed by atoms with van der Waals surface area (Å²) in [6, 6.07) is 3.37. The second-order valence-electron chi connectivity index (χ2n) is 6.51. The van der Waals surface area contributed by atoms with Crippen molar-refractivity contribution in [2.24, 2.45) is 0 Å². The Morgan fingerprint density at radius 3 is 2.71 bits per heavy atom. The van der Waals surface area contributed by atoms with E-state index in [0.717, 1.165) is 12.8 Å². The topological polar surface area (TPSA) is 96.0 Å². The molecule has 1 saturated heterocycles. The Hall–Kier alpha value is -2.22. The minimum absolute atomic E-state index is 0.0660. The van der Waals surface area contributed by atoms with Gasteiger partial charge in [0.25, 0.3) is 5.91 Å². The maximum absolute atomic E-state index is 12.7. The van der Waals surface area contributed by atoms with Crippen molar-refractivity contribution in [3.05, 3.63) is 42.0 Å². The highest BCUT2D eigenvalue weighted by atomic mass is 32.2. The van der Waals surface area contributed by atoms with Crippen LogP contribution < -0.4 is 0 Å². The molecular formula is C16H20N4O3S. The van der Waals surface area contributed by atoms with Crippen LogP contribution >= 0.6 is 0 Å². The van der Waals surface area contributed by atoms with Crippen LogP contribution in [0.1, 0.15) is 35.8 Å². The average molecular weight is 348 g/mol. The van der Waals surface area contributed by atoms with E-state index in [1.54, 1.807) is 29.4 Å². The molecule has 24 heavy (non-hydrogen) atoms. The van der Waals surface area contributed by atoms with Crippen molar-refractivity contribution in [2.45, 2.75) is 30.1 Å². The molecule has 0 unspecified atom stereocenters. The molecule has 1 fully saturated rings. The first-order valence-corrected chi connectivity index (χ1v) is 9.64. The molecule has 0 radical (unpaired) electrons. The molecule has 8 heteroatoms. The second-order valence-corrected chi connectivity index (χ2v) is 8.49. The van der Waals surface area contributed by atoms with Crippen molar-refractivity contribution in [1.29, 1.82) is 0 Å². The lowest BCUT2D eigenvalue weighted by molar-refractivity contribution is 0.0645. The van der Waals surface area contributed by atoms with Gasteiger partial charge in [-0.05, 0) is 25.0 Å². The van der Waals surface area contributed by atoms with Gasteiger partial charge < -0.3 is 4.90 Å². The van der Waals surface area contributed by atoms with E-state index in [4.69, 9.17) is 0 Å². The molecule has 7 nitrogen and oxygen atoms in total. The first kappa shape index (κ1) is 16.6. The molecule has 2 aromatic heterocycles. The first-order valence-electron chi connectivity index (χ1n) is 7.74. The Bertz CT molecular complexity index is 847. The number of nitrogens with zero attached hydrogens (tertiary/aromatic N) is 3. The number of piperidine rings is 1. The maximum atomic E-state index is 12.7. The normalized spacial score (nSPS) is 21.7. The van der Waals surface area contributed by atoms with E-state index >= 15 is 0 Å². The summed E-state index contributed by atoms with van der Waals surface area (Å²) < 4.78 is 24.0. The van der Waals surface area contributed by atoms with Crippen LogP contribution in [0.5, 0.6) is 0 Å². The summed E-state index contributed by atoms with van der Waals surface area (Å²) in [7, 11) is -3.37. The lowest BCUT2D eigenvalue weighted by Gasteiger charge is -2.40. The summed E-state index contributed by atoms with van der Waals surface area (Å²) in [5.41, 5.74) is 0.690. The molecule has 0 spiro atoms. The van der Waals surface area contributed by atoms with Crippen LogP contribution in [0.15, 0.2) is 35.6 Å². The van der Waals surface area contributed by atoms with Gasteiger partial charge in [-0.2, -0.15) is 5.10 Å². The summed E-state index contributed by atoms with van der Waals surface area (Å²) in [5, 5.41) is 6.77. The molecule has 2 aromatic rings. The SMILES string of the molecule is C[C@@]1(c2[nH]ncc2S(C)(=O)=O)CCCN(C(=O)c2ccncc2)C1. The summed E-state index contributed by atoms with van der Waals surface area (Å²) >= 11 is 0. The van der Waals surface area contributed by atoms with Gasteiger partial charge in [0.15, 0.2) is 9.84 Å². The molecule has 1 atom stereocenters. The van der Waals surface area contributed by atoms with Crippen LogP contribution in [0, 0.1) is 0 Å². The van der Waals surface area contributed by atoms with E-state index in [9.17, 15) is 13.2 Å². The van der Waals surface area contributed by atoms with Gasteiger partial charge in [-0.1, -0.05) is 6.92 Å². The molecule has 0 aromatic carbocycles. The van der Waals surface area contributed by atoms with Crippen molar-refractivity contribution in [3.8, 4) is 0 Å². The van der Waals surface area contributed by atoms with Crippen LogP contribution in [0.4, 0.5) is 0 Å². The number of carbonyl (C=O) groups is 1. The number of aromatic amines is 1. The number of H-pyrrole nitrogens is 1. The van der Waals surface area contributed by atoms with Crippen molar-refractivity contribution < 1.29 is 13.2 Å². The number of hydrogen-bond acceptors (Lipinski definition) is 5. The third kappa shape index (κ3) is 3.06. The number of rotatable bonds is 3. The monoisotopic (exact) mass is 348 g/mol. The average Bonchev–Trinajstić information content (AvgIpc) is 3.06. The molecule has 128 valence electrons. The lowest BCUT2D eigenvalue weighted by atomic mass is 9.79. The highest BCUT2D eigenvalue weighted by Crippen LogP contribution is 2.36. The molecule has 1 aliphatic heterocycles. The maximum Gasteiger partial charge on any atom is 0.253 e. The molecule has 0 bridgehead atoms. The number of sulfone groups is 1. The van der Waals surface area contributed by atoms with Crippen molar-refractivity contribution in [2.75, 3.05) is 19.3 Å². The zero-order chi connectivity index (χ0) is 17.4. The van der Waals surface area contributed by atoms with Crippen LogP contribution in [0.2, 0.25) is 0 Å². The summed E-state index contributed by atoms with van der Waals surface area (Å²) in [5.74, 6) is -0.0660. The smallest absolute Gasteiger partial charge is 0.253 e. The Kier molecular flexibility index (Phi) is 4.16. The minimum atomic E-state index is -3.37. The number of likely N-dealkylation sites (tertiary alicyclic amines) is 1. The van der Waals surface area contributed by atoms with Crippen LogP contribution in [0.25, 0.3) is 0 Å². The van der Waals surface area contributed by atoms with Gasteiger partial charge in [0.05, 0.1) is 11.9 Å². The van der Waals surface area contributed by atoms with E-state index in [-0.39, 0.29) is 10.8 Å². The number of pyridine rings is 1. The van der Waals surface area contributed by atoms with Gasteiger partial charge >= 0.3 is 0 Å². The van der Waals surface area contributed by atoms with Crippen molar-refractivity contribution in [1.82, 2.24) is 20.1 Å². The van der Waals surface area contributed by atoms with Gasteiger partial charge in [-0.25, -0.2) is 8.42 Å². The second kappa shape index (κ2) is 6.01. The van der Waals surface area contributed by atoms with Crippen molar-refractivity contribution in [3.63, 3.8) is 0 Å². The minimum Gasteiger partial charge on any atom is -0.338 e. The Balaban J connectivity index is 1.90. The zero-order valence-corrected chi connectivity index (χ0v) is 14.5. The summed E-state index contributed by atoms with van der Waals surface area (Å²) in [6.07, 6.45) is 7.29. The lowest BCUT2D eigenvalue weighted by Crippen LogP contribution is -2.47. The fourth-order valence-corrected chi connectivity index (χ4v) is 4.19. The van der Waals surface area contributed by atoms with Gasteiger partial charge in [-0.15, -0.1) is 0 Å². The first-order chi connectivity index (χ1) is 11.3. The van der Waals surface area contributed by atoms with Crippen molar-refractivity contribution >= 4 is 15.7 Å². The molecular weight excluding hydrogens is 328 g/mol. The third-order valence-corrected chi connectivity index (χ3v) is 5.63. The largest absolute Gasteiger partial charge is 0.338 e. The fourth-order valence-electron chi connectivity index (χ4n) is 3.28. The Labute approximate surface area is 141 Å². The van der Waals surface area contributed by atoms with E-state index in [1.165, 1.54) is 12.5 Å². The highest BCUT2D eigenvalue weighted by molar-refractivity contribution is 7.90. The number of carbonyl (C=O) groups excluding carboxylic acids is 1. The van der Waals surface area contributed by atoms with E-state index in [0.29, 0.717) is 24.3 Å². The molecule has 1 N–H and O–H groups in total. The molecule has 0 aliphatic carbocycles. The molecule has 1 amide bonds. The zero-order valence-electron chi connectivity index (χ0n) is 13.7. The van der Waals surface area contributed by atoms with Crippen LogP contribution in [0.3, 0.4) is 0 Å². The number of hydrogen-bond donors (Lipinski definition) is 1. The fraction of sp³-hybridized carbons (Fsp3) is 0.438. The predicted molar refractivity (Wildman–Crippen MR) is 88.4 cm³/mol. The van der Waals surface area contributed by atoms with E-state index in [2.05, 4.69) is 15.2 Å². The Morgan fingerprint density at radius 1 is 1.33 bits per heavy atom. The van der Waals surface area contributed by atoms with Crippen LogP contribution in [-0.2, 0) is 15.3 Å². The summed E-state index contributed by atoms with van der Waals surface area (Å²) in [6.45, 7) is 3.07. The quantitative estimate of drug-likeness (QED) is 0.904. The molecule has 0 saturated carbocycles. The molecule has 3 rings (SSSR count). The van der Waals surface area contributed by atoms with Gasteiger partial charge in [0.1, 0.15) is 4.90 Å². The standard InChI is InChI=1S/C16H20N4O3S/c1-16(14-13(10-18-19-14)24(2,22)23)6-3-9-20(11-16)15(21)12-4-7-17-8-5-12/h4-5,7-8,10H,3,6,9,11H2,1-2H3,(H,18,19)/t16-/m1/s1. The number of nitrogens with one attached hydrogen (secondary N) is 1. The van der Waals surface area contributed by atoms with E-state index in [1.807, 2.05) is 6.92 Å². The predicted octanol–water partition coefficient (Wildman–Crippen LogP) is 1.40. The highest BCUT2D eigenvalue weighted by Gasteiger charge is 2.39. The molecule has 1 aliphatic rings.